The van der Waals surface area contributed by atoms with Crippen LogP contribution < -0.4 is 11.4 Å². The van der Waals surface area contributed by atoms with Gasteiger partial charge in [-0.2, -0.15) is 26.3 Å². The predicted octanol–water partition coefficient (Wildman–Crippen LogP) is 11.5. The maximum absolute atomic E-state index is 14.3. The molecule has 11 rings (SSSR count). The van der Waals surface area contributed by atoms with Gasteiger partial charge in [-0.25, -0.2) is 18.7 Å². The lowest BCUT2D eigenvalue weighted by atomic mass is 9.71. The molecule has 2 saturated heterocycles. The van der Waals surface area contributed by atoms with E-state index in [9.17, 15) is 40.7 Å². The van der Waals surface area contributed by atoms with E-state index in [1.165, 1.54) is 46.8 Å². The second kappa shape index (κ2) is 25.8. The molecule has 22 heteroatoms. The Morgan fingerprint density at radius 3 is 1.86 bits per heavy atom. The number of methoxy groups -OCH3 is 1. The molecule has 6 aromatic rings. The van der Waals surface area contributed by atoms with Crippen molar-refractivity contribution >= 4 is 29.6 Å². The minimum atomic E-state index is -4.64. The summed E-state index contributed by atoms with van der Waals surface area (Å²) >= 11 is 0. The van der Waals surface area contributed by atoms with Crippen LogP contribution in [0.4, 0.5) is 26.3 Å². The molecule has 3 fully saturated rings. The van der Waals surface area contributed by atoms with Gasteiger partial charge >= 0.3 is 48.7 Å². The van der Waals surface area contributed by atoms with Gasteiger partial charge in [0.1, 0.15) is 0 Å². The molecule has 16 nitrogen and oxygen atoms in total. The number of likely N-dealkylation sites (tertiary alicyclic amines) is 2. The Morgan fingerprint density at radius 1 is 0.728 bits per heavy atom. The lowest BCUT2D eigenvalue weighted by molar-refractivity contribution is -0.480. The summed E-state index contributed by atoms with van der Waals surface area (Å²) in [7, 11) is 5.42. The van der Waals surface area contributed by atoms with Gasteiger partial charge in [0.2, 0.25) is 5.91 Å². The minimum absolute atomic E-state index is 0.0212. The third-order valence-corrected chi connectivity index (χ3v) is 15.6. The first-order valence-electron chi connectivity index (χ1n) is 27.7. The van der Waals surface area contributed by atoms with E-state index in [0.29, 0.717) is 73.2 Å². The summed E-state index contributed by atoms with van der Waals surface area (Å²) in [5.41, 5.74) is 0.705. The summed E-state index contributed by atoms with van der Waals surface area (Å²) < 4.78 is 98.0. The summed E-state index contributed by atoms with van der Waals surface area (Å²) in [4.78, 5) is 42.5. The van der Waals surface area contributed by atoms with Crippen molar-refractivity contribution in [3.05, 3.63) is 152 Å². The maximum Gasteiger partial charge on any atom is 0.418 e. The number of hydrogen-bond donors (Lipinski definition) is 0. The summed E-state index contributed by atoms with van der Waals surface area (Å²) in [6, 6.07) is 17.0. The second-order valence-electron chi connectivity index (χ2n) is 21.1. The van der Waals surface area contributed by atoms with Crippen molar-refractivity contribution in [1.82, 2.24) is 27.7 Å². The van der Waals surface area contributed by atoms with E-state index in [2.05, 4.69) is 37.0 Å². The number of pyridine rings is 2. The Kier molecular flexibility index (Phi) is 19.1. The quantitative estimate of drug-likeness (QED) is 0.0938. The van der Waals surface area contributed by atoms with Crippen molar-refractivity contribution in [3.63, 3.8) is 0 Å². The first kappa shape index (κ1) is 60.0. The molecule has 2 aromatic carbocycles. The number of rotatable bonds is 11. The first-order chi connectivity index (χ1) is 38.7. The fraction of sp³-hybridized carbons (Fsp3) is 0.475. The van der Waals surface area contributed by atoms with Crippen LogP contribution in [0.1, 0.15) is 125 Å². The number of aromatic nitrogens is 4. The molecule has 0 bridgehead atoms. The van der Waals surface area contributed by atoms with E-state index in [1.54, 1.807) is 59.7 Å². The highest BCUT2D eigenvalue weighted by atomic mass is 19.4. The molecule has 0 N–H and O–H groups in total. The Morgan fingerprint density at radius 2 is 1.32 bits per heavy atom. The molecular formula is C59H72F6N12O4+2. The zero-order chi connectivity index (χ0) is 58.3. The Bertz CT molecular complexity index is 3430. The minimum Gasteiger partial charge on any atom is -0.385 e. The van der Waals surface area contributed by atoms with Crippen LogP contribution >= 0.6 is 0 Å². The number of carbonyl (C=O) groups is 1. The molecule has 81 heavy (non-hydrogen) atoms. The smallest absolute Gasteiger partial charge is 0.385 e. The molecule has 1 aliphatic carbocycles. The Balaban J connectivity index is 0.000000195. The van der Waals surface area contributed by atoms with Crippen molar-refractivity contribution in [1.29, 1.82) is 0 Å². The molecule has 1 amide bonds. The molecule has 2 radical (unpaired) electrons. The van der Waals surface area contributed by atoms with E-state index in [4.69, 9.17) is 0 Å². The number of halogens is 6. The number of ether oxygens (including phenoxy) is 1. The number of likely N-dealkylation sites (N-methyl/N-ethyl adjacent to an activating group) is 2. The maximum atomic E-state index is 14.3. The standard InChI is InChI=1S/C29H31F3N6O2.C25H27F3N6O.C3H8O.C2H6/c1-18(39)36-11-9-19(10-12-36)22-14-24(29(30,31)32)25-16-37(28(40)38(25)15-22)23-8-4-7-21(13-23)26(20-5-3-6-20)27-34-33-17-35(27)2;1-17-5-4-8-32(12-17)13-19-10-21(25(26,27)28)22-15-33(24(35)34(22)14-19)20-7-3-6-18(9-20)11-23-30-29-16-31(23)2;1-3-4-2;1-2/h4,7-8,13-17,19-20,26H,3,5-6,9-12H2,1-2H3;3,6-7,9-10,14-17H,4-5,8,11-13H2,1-2H3;3H2,1-2H3;1-2H3/q2*+1;;/t26-;17-;;/m10../s1. The number of carbonyl (C=O) groups excluding carboxylic acids is 1. The van der Waals surface area contributed by atoms with Crippen LogP contribution in [0.5, 0.6) is 0 Å². The highest BCUT2D eigenvalue weighted by Gasteiger charge is 2.43. The molecule has 2 atom stereocenters. The average Bonchev–Trinajstić information content (AvgIpc) is 4.24. The van der Waals surface area contributed by atoms with Crippen LogP contribution in [0.2, 0.25) is 0 Å². The fourth-order valence-corrected chi connectivity index (χ4v) is 11.1. The molecule has 8 heterocycles. The molecular weight excluding hydrogens is 1050 g/mol. The number of hydrogen-bond acceptors (Lipinski definition) is 9. The van der Waals surface area contributed by atoms with Crippen molar-refractivity contribution in [3.8, 4) is 11.4 Å². The van der Waals surface area contributed by atoms with Crippen molar-refractivity contribution in [2.45, 2.75) is 117 Å². The number of amides is 1. The number of imidazole rings is 2. The highest BCUT2D eigenvalue weighted by molar-refractivity contribution is 5.73. The molecule has 5 aliphatic rings. The van der Waals surface area contributed by atoms with Crippen LogP contribution in [0.15, 0.2) is 115 Å². The SMILES string of the molecule is CC.CC(=O)N1CCC(c2cc(C(F)(F)F)c3cn(-c4cccc([C@H]([C]5N=NC=[N+]5C)C5CCC5)c4)c(=O)n3c2)CC1.CCOC.C[C@H]1CCCN(Cc2cc(C(F)(F)F)c3cn(-c4cccc(C[C]5N=NC=[N+]5C)c4)c(=O)n3c2)C1. The lowest BCUT2D eigenvalue weighted by Crippen LogP contribution is -2.36. The first-order valence-corrected chi connectivity index (χ1v) is 27.7. The predicted molar refractivity (Wildman–Crippen MR) is 297 cm³/mol. The zero-order valence-electron chi connectivity index (χ0n) is 47.2. The van der Waals surface area contributed by atoms with Gasteiger partial charge in [-0.3, -0.25) is 27.6 Å². The number of piperidine rings is 2. The monoisotopic (exact) mass is 1130 g/mol. The zero-order valence-corrected chi connectivity index (χ0v) is 47.2. The van der Waals surface area contributed by atoms with Gasteiger partial charge in [-0.15, -0.1) is 0 Å². The normalized spacial score (nSPS) is 18.6. The topological polar surface area (TPSA) is 141 Å². The summed E-state index contributed by atoms with van der Waals surface area (Å²) in [5, 5.41) is 16.4. The summed E-state index contributed by atoms with van der Waals surface area (Å²) in [6.45, 7) is 13.5. The van der Waals surface area contributed by atoms with E-state index in [0.717, 1.165) is 84.1 Å². The van der Waals surface area contributed by atoms with Gasteiger partial charge in [0.15, 0.2) is 0 Å². The van der Waals surface area contributed by atoms with Crippen molar-refractivity contribution < 1.29 is 45.0 Å². The van der Waals surface area contributed by atoms with Crippen LogP contribution in [-0.4, -0.2) is 109 Å². The van der Waals surface area contributed by atoms with Crippen LogP contribution in [0.25, 0.3) is 22.4 Å². The second-order valence-corrected chi connectivity index (χ2v) is 21.1. The molecule has 0 unspecified atom stereocenters. The third kappa shape index (κ3) is 13.7. The van der Waals surface area contributed by atoms with Gasteiger partial charge in [0.25, 0.3) is 0 Å². The lowest BCUT2D eigenvalue weighted by Gasteiger charge is -2.34. The average molecular weight is 1130 g/mol. The van der Waals surface area contributed by atoms with E-state index in [1.807, 2.05) is 63.7 Å². The van der Waals surface area contributed by atoms with E-state index in [-0.39, 0.29) is 28.8 Å². The number of azo groups is 2. The molecule has 1 saturated carbocycles. The Hall–Kier alpha value is -7.07. The van der Waals surface area contributed by atoms with Crippen LogP contribution in [-0.2, 0) is 34.8 Å². The fourth-order valence-electron chi connectivity index (χ4n) is 11.1. The summed E-state index contributed by atoms with van der Waals surface area (Å²) in [5.74, 6) is 0.657. The highest BCUT2D eigenvalue weighted by Crippen LogP contribution is 2.46. The van der Waals surface area contributed by atoms with Gasteiger partial charge in [-0.05, 0) is 139 Å². The number of nitrogens with zero attached hydrogens (tertiary/aromatic N) is 12. The third-order valence-electron chi connectivity index (χ3n) is 15.6. The largest absolute Gasteiger partial charge is 0.418 e. The van der Waals surface area contributed by atoms with E-state index < -0.39 is 34.9 Å². The Labute approximate surface area is 467 Å². The molecule has 432 valence electrons. The van der Waals surface area contributed by atoms with E-state index >= 15 is 0 Å². The summed E-state index contributed by atoms with van der Waals surface area (Å²) in [6.07, 6.45) is 8.25. The van der Waals surface area contributed by atoms with Crippen molar-refractivity contribution in [2.24, 2.45) is 32.3 Å². The van der Waals surface area contributed by atoms with Crippen LogP contribution in [0, 0.1) is 24.2 Å². The van der Waals surface area contributed by atoms with Crippen LogP contribution in [0.3, 0.4) is 0 Å². The molecule has 0 spiro atoms. The van der Waals surface area contributed by atoms with Gasteiger partial charge in [0, 0.05) is 78.0 Å². The molecule has 4 aliphatic heterocycles. The number of alkyl halides is 6. The number of benzene rings is 2. The molecule has 4 aromatic heterocycles. The van der Waals surface area contributed by atoms with Gasteiger partial charge < -0.3 is 9.64 Å². The number of fused-ring (bicyclic) bond motifs is 2. The van der Waals surface area contributed by atoms with Crippen molar-refractivity contribution in [2.75, 3.05) is 54.0 Å². The van der Waals surface area contributed by atoms with Gasteiger partial charge in [0.05, 0.1) is 63.8 Å². The van der Waals surface area contributed by atoms with Gasteiger partial charge in [-0.1, -0.05) is 51.5 Å².